The molecule has 2 rings (SSSR count). The molecule has 19 heavy (non-hydrogen) atoms. The number of rotatable bonds is 8. The zero-order chi connectivity index (χ0) is 13.7. The Labute approximate surface area is 114 Å². The van der Waals surface area contributed by atoms with Crippen molar-refractivity contribution in [3.8, 4) is 5.75 Å². The first-order valence-corrected chi connectivity index (χ1v) is 6.87. The molecule has 1 fully saturated rings. The third-order valence-corrected chi connectivity index (χ3v) is 3.06. The number of ether oxygens (including phenoxy) is 2. The van der Waals surface area contributed by atoms with Crippen LogP contribution in [0.3, 0.4) is 0 Å². The Bertz CT molecular complexity index is 405. The van der Waals surface area contributed by atoms with E-state index in [1.54, 1.807) is 6.07 Å². The van der Waals surface area contributed by atoms with Crippen LogP contribution < -0.4 is 10.1 Å². The first-order valence-electron chi connectivity index (χ1n) is 6.87. The maximum atomic E-state index is 13.8. The highest BCUT2D eigenvalue weighted by Crippen LogP contribution is 2.28. The van der Waals surface area contributed by atoms with E-state index in [0.29, 0.717) is 18.5 Å². The van der Waals surface area contributed by atoms with Gasteiger partial charge in [-0.05, 0) is 36.5 Å². The van der Waals surface area contributed by atoms with E-state index < -0.39 is 0 Å². The summed E-state index contributed by atoms with van der Waals surface area (Å²) < 4.78 is 24.4. The van der Waals surface area contributed by atoms with Gasteiger partial charge < -0.3 is 14.8 Å². The van der Waals surface area contributed by atoms with Gasteiger partial charge in [0, 0.05) is 12.6 Å². The topological polar surface area (TPSA) is 30.5 Å². The van der Waals surface area contributed by atoms with Crippen LogP contribution in [-0.2, 0) is 11.3 Å². The van der Waals surface area contributed by atoms with Gasteiger partial charge in [0.05, 0.1) is 6.61 Å². The zero-order valence-corrected chi connectivity index (χ0v) is 11.6. The second kappa shape index (κ2) is 6.87. The third-order valence-electron chi connectivity index (χ3n) is 3.06. The van der Waals surface area contributed by atoms with Gasteiger partial charge in [0.25, 0.3) is 0 Å². The van der Waals surface area contributed by atoms with E-state index in [2.05, 4.69) is 19.2 Å². The van der Waals surface area contributed by atoms with Gasteiger partial charge in [-0.15, -0.1) is 0 Å². The van der Waals surface area contributed by atoms with Gasteiger partial charge in [0.1, 0.15) is 0 Å². The van der Waals surface area contributed by atoms with Crippen LogP contribution in [0.15, 0.2) is 18.2 Å². The Morgan fingerprint density at radius 1 is 1.37 bits per heavy atom. The fourth-order valence-electron chi connectivity index (χ4n) is 1.70. The lowest BCUT2D eigenvalue weighted by Crippen LogP contribution is -2.21. The second-order valence-corrected chi connectivity index (χ2v) is 5.38. The molecule has 0 saturated heterocycles. The first-order chi connectivity index (χ1) is 9.15. The highest BCUT2D eigenvalue weighted by molar-refractivity contribution is 5.29. The molecule has 1 aliphatic carbocycles. The van der Waals surface area contributed by atoms with Crippen molar-refractivity contribution in [3.05, 3.63) is 29.6 Å². The number of nitrogens with one attached hydrogen (secondary N) is 1. The van der Waals surface area contributed by atoms with Gasteiger partial charge >= 0.3 is 0 Å². The maximum Gasteiger partial charge on any atom is 0.189 e. The molecule has 0 spiro atoms. The number of hydrogen-bond donors (Lipinski definition) is 1. The summed E-state index contributed by atoms with van der Waals surface area (Å²) in [6, 6.07) is 5.42. The normalized spacial score (nSPS) is 14.9. The van der Waals surface area contributed by atoms with Crippen LogP contribution in [-0.4, -0.2) is 19.4 Å². The Morgan fingerprint density at radius 2 is 2.16 bits per heavy atom. The molecule has 1 saturated carbocycles. The minimum absolute atomic E-state index is 0.122. The molecule has 0 aromatic heterocycles. The Morgan fingerprint density at radius 3 is 2.79 bits per heavy atom. The van der Waals surface area contributed by atoms with Crippen molar-refractivity contribution in [2.45, 2.75) is 39.3 Å². The van der Waals surface area contributed by atoms with E-state index in [0.717, 1.165) is 12.2 Å². The molecule has 1 aromatic carbocycles. The lowest BCUT2D eigenvalue weighted by molar-refractivity contribution is 0.00791. The second-order valence-electron chi connectivity index (χ2n) is 5.38. The summed E-state index contributed by atoms with van der Waals surface area (Å²) in [7, 11) is 0. The molecular weight excluding hydrogens is 245 g/mol. The summed E-state index contributed by atoms with van der Waals surface area (Å²) in [6.07, 6.45) is 2.48. The summed E-state index contributed by atoms with van der Waals surface area (Å²) >= 11 is 0. The molecule has 0 unspecified atom stereocenters. The average molecular weight is 267 g/mol. The van der Waals surface area contributed by atoms with E-state index >= 15 is 0 Å². The molecular formula is C15H22FNO2. The van der Waals surface area contributed by atoms with Crippen LogP contribution in [0.1, 0.15) is 32.3 Å². The molecule has 0 bridgehead atoms. The molecule has 3 nitrogen and oxygen atoms in total. The summed E-state index contributed by atoms with van der Waals surface area (Å²) in [5, 5.41) is 3.25. The van der Waals surface area contributed by atoms with Crippen molar-refractivity contribution in [2.24, 2.45) is 5.92 Å². The third kappa shape index (κ3) is 5.17. The minimum atomic E-state index is -0.335. The van der Waals surface area contributed by atoms with Crippen LogP contribution in [0.25, 0.3) is 0 Å². The van der Waals surface area contributed by atoms with E-state index in [1.165, 1.54) is 18.9 Å². The molecule has 106 valence electrons. The van der Waals surface area contributed by atoms with E-state index in [-0.39, 0.29) is 18.4 Å². The highest BCUT2D eigenvalue weighted by atomic mass is 19.1. The van der Waals surface area contributed by atoms with E-state index in [1.807, 2.05) is 6.07 Å². The van der Waals surface area contributed by atoms with Crippen molar-refractivity contribution in [1.82, 2.24) is 5.32 Å². The van der Waals surface area contributed by atoms with Crippen LogP contribution in [0.4, 0.5) is 4.39 Å². The van der Waals surface area contributed by atoms with Gasteiger partial charge in [-0.2, -0.15) is 0 Å². The van der Waals surface area contributed by atoms with Gasteiger partial charge in [-0.3, -0.25) is 0 Å². The molecule has 1 aromatic rings. The van der Waals surface area contributed by atoms with E-state index in [4.69, 9.17) is 9.47 Å². The molecule has 0 aliphatic heterocycles. The number of halogens is 1. The summed E-state index contributed by atoms with van der Waals surface area (Å²) in [5.41, 5.74) is 0.914. The van der Waals surface area contributed by atoms with Gasteiger partial charge in [-0.1, -0.05) is 19.9 Å². The van der Waals surface area contributed by atoms with Crippen LogP contribution >= 0.6 is 0 Å². The predicted molar refractivity (Wildman–Crippen MR) is 72.5 cm³/mol. The monoisotopic (exact) mass is 267 g/mol. The standard InChI is InChI=1S/C15H22FNO2/c1-11(2)17-8-13-5-6-15(14(16)7-13)19-10-18-9-12-3-4-12/h5-7,11-12,17H,3-4,8-10H2,1-2H3. The zero-order valence-electron chi connectivity index (χ0n) is 11.6. The molecule has 0 atom stereocenters. The van der Waals surface area contributed by atoms with Crippen molar-refractivity contribution in [3.63, 3.8) is 0 Å². The lowest BCUT2D eigenvalue weighted by Gasteiger charge is -2.11. The molecule has 0 heterocycles. The molecule has 0 radical (unpaired) electrons. The lowest BCUT2D eigenvalue weighted by atomic mass is 10.2. The van der Waals surface area contributed by atoms with Crippen LogP contribution in [0.5, 0.6) is 5.75 Å². The van der Waals surface area contributed by atoms with Crippen molar-refractivity contribution >= 4 is 0 Å². The Kier molecular flexibility index (Phi) is 5.16. The largest absolute Gasteiger partial charge is 0.464 e. The van der Waals surface area contributed by atoms with Crippen molar-refractivity contribution in [1.29, 1.82) is 0 Å². The summed E-state index contributed by atoms with van der Waals surface area (Å²) in [5.74, 6) is 0.611. The fourth-order valence-corrected chi connectivity index (χ4v) is 1.70. The predicted octanol–water partition coefficient (Wildman–Crippen LogP) is 3.09. The SMILES string of the molecule is CC(C)NCc1ccc(OCOCC2CC2)c(F)c1. The van der Waals surface area contributed by atoms with Gasteiger partial charge in [0.15, 0.2) is 18.4 Å². The molecule has 1 N–H and O–H groups in total. The first kappa shape index (κ1) is 14.3. The van der Waals surface area contributed by atoms with Gasteiger partial charge in [-0.25, -0.2) is 4.39 Å². The van der Waals surface area contributed by atoms with Gasteiger partial charge in [0.2, 0.25) is 0 Å². The number of benzene rings is 1. The van der Waals surface area contributed by atoms with Crippen LogP contribution in [0.2, 0.25) is 0 Å². The quantitative estimate of drug-likeness (QED) is 0.580. The Hall–Kier alpha value is -1.13. The number of hydrogen-bond acceptors (Lipinski definition) is 3. The van der Waals surface area contributed by atoms with Crippen molar-refractivity contribution < 1.29 is 13.9 Å². The highest BCUT2D eigenvalue weighted by Gasteiger charge is 2.21. The Balaban J connectivity index is 1.76. The average Bonchev–Trinajstić information content (AvgIpc) is 3.18. The summed E-state index contributed by atoms with van der Waals surface area (Å²) in [6.45, 7) is 5.62. The van der Waals surface area contributed by atoms with E-state index in [9.17, 15) is 4.39 Å². The molecule has 1 aliphatic rings. The van der Waals surface area contributed by atoms with Crippen molar-refractivity contribution in [2.75, 3.05) is 13.4 Å². The molecule has 4 heteroatoms. The van der Waals surface area contributed by atoms with Crippen LogP contribution in [0, 0.1) is 11.7 Å². The fraction of sp³-hybridized carbons (Fsp3) is 0.600. The maximum absolute atomic E-state index is 13.8. The summed E-state index contributed by atoms with van der Waals surface area (Å²) in [4.78, 5) is 0. The minimum Gasteiger partial charge on any atom is -0.464 e. The molecule has 0 amide bonds. The smallest absolute Gasteiger partial charge is 0.189 e.